The lowest BCUT2D eigenvalue weighted by Crippen LogP contribution is -2.51. The standard InChI is InChI=1S/C20H32N6O5S/c1-3-32(30,31)25-17(12-15-8-5-4-6-9-15)19(29)26(2)13-18(28)24-16(14-27)10-7-11-23-20(21)22/h4-6,8-9,14,16-17,25H,3,7,10-13H2,1-2H3,(H,24,28)(H4,21,22,23)/t16-,17+/m0/s1. The van der Waals surface area contributed by atoms with Gasteiger partial charge in [-0.3, -0.25) is 15.0 Å². The van der Waals surface area contributed by atoms with Crippen molar-refractivity contribution in [3.8, 4) is 0 Å². The van der Waals surface area contributed by atoms with Crippen LogP contribution in [0.5, 0.6) is 0 Å². The van der Waals surface area contributed by atoms with Crippen LogP contribution in [-0.2, 0) is 30.8 Å². The predicted molar refractivity (Wildman–Crippen MR) is 121 cm³/mol. The first kappa shape index (κ1) is 27.0. The molecule has 0 fully saturated rings. The topological polar surface area (TPSA) is 175 Å². The molecule has 1 aromatic rings. The van der Waals surface area contributed by atoms with Crippen LogP contribution in [-0.4, -0.2) is 75.4 Å². The number of guanidine groups is 1. The summed E-state index contributed by atoms with van der Waals surface area (Å²) in [4.78, 5) is 37.6. The van der Waals surface area contributed by atoms with Crippen molar-refractivity contribution < 1.29 is 22.8 Å². The third kappa shape index (κ3) is 10.4. The van der Waals surface area contributed by atoms with E-state index in [-0.39, 0.29) is 24.7 Å². The van der Waals surface area contributed by atoms with Gasteiger partial charge in [-0.05, 0) is 31.7 Å². The molecular formula is C20H32N6O5S. The Bertz CT molecular complexity index is 878. The number of nitrogens with one attached hydrogen (secondary N) is 4. The minimum Gasteiger partial charge on any atom is -0.370 e. The lowest BCUT2D eigenvalue weighted by molar-refractivity contribution is -0.136. The van der Waals surface area contributed by atoms with Gasteiger partial charge in [0.2, 0.25) is 21.8 Å². The number of amides is 2. The van der Waals surface area contributed by atoms with Gasteiger partial charge in [-0.25, -0.2) is 13.1 Å². The molecule has 0 aromatic heterocycles. The molecule has 0 aliphatic carbocycles. The molecule has 0 bridgehead atoms. The van der Waals surface area contributed by atoms with Crippen LogP contribution < -0.4 is 21.1 Å². The Morgan fingerprint density at radius 3 is 2.47 bits per heavy atom. The van der Waals surface area contributed by atoms with Crippen LogP contribution in [0.3, 0.4) is 0 Å². The molecule has 0 saturated carbocycles. The largest absolute Gasteiger partial charge is 0.370 e. The molecule has 178 valence electrons. The zero-order chi connectivity index (χ0) is 24.1. The van der Waals surface area contributed by atoms with E-state index >= 15 is 0 Å². The number of carbonyl (C=O) groups is 3. The minimum absolute atomic E-state index is 0.130. The SMILES string of the molecule is CCS(=O)(=O)N[C@H](Cc1ccccc1)C(=O)N(C)CC(=O)N[C@H](C=O)CCCNC(=N)N. The van der Waals surface area contributed by atoms with E-state index < -0.39 is 33.9 Å². The Labute approximate surface area is 188 Å². The maximum absolute atomic E-state index is 12.9. The highest BCUT2D eigenvalue weighted by Crippen LogP contribution is 2.07. The van der Waals surface area contributed by atoms with Crippen LogP contribution in [0.15, 0.2) is 30.3 Å². The van der Waals surface area contributed by atoms with Crippen molar-refractivity contribution in [2.24, 2.45) is 5.73 Å². The fraction of sp³-hybridized carbons (Fsp3) is 0.500. The van der Waals surface area contributed by atoms with Crippen LogP contribution >= 0.6 is 0 Å². The molecule has 0 aliphatic rings. The first-order valence-corrected chi connectivity index (χ1v) is 11.8. The molecule has 32 heavy (non-hydrogen) atoms. The maximum Gasteiger partial charge on any atom is 0.241 e. The van der Waals surface area contributed by atoms with Gasteiger partial charge < -0.3 is 26.1 Å². The molecule has 0 radical (unpaired) electrons. The van der Waals surface area contributed by atoms with E-state index in [2.05, 4.69) is 15.4 Å². The van der Waals surface area contributed by atoms with Crippen molar-refractivity contribution in [2.75, 3.05) is 25.9 Å². The summed E-state index contributed by atoms with van der Waals surface area (Å²) in [6, 6.07) is 7.12. The van der Waals surface area contributed by atoms with Gasteiger partial charge in [0, 0.05) is 13.6 Å². The number of benzene rings is 1. The normalized spacial score (nSPS) is 12.9. The molecular weight excluding hydrogens is 436 g/mol. The summed E-state index contributed by atoms with van der Waals surface area (Å²) in [5.74, 6) is -1.47. The van der Waals surface area contributed by atoms with Gasteiger partial charge in [0.15, 0.2) is 5.96 Å². The number of hydrogen-bond donors (Lipinski definition) is 5. The van der Waals surface area contributed by atoms with Crippen molar-refractivity contribution in [1.29, 1.82) is 5.41 Å². The van der Waals surface area contributed by atoms with Crippen LogP contribution in [0.2, 0.25) is 0 Å². The highest BCUT2D eigenvalue weighted by atomic mass is 32.2. The van der Waals surface area contributed by atoms with Gasteiger partial charge in [-0.2, -0.15) is 0 Å². The molecule has 2 atom stereocenters. The monoisotopic (exact) mass is 468 g/mol. The lowest BCUT2D eigenvalue weighted by Gasteiger charge is -2.25. The Kier molecular flexibility index (Phi) is 11.3. The van der Waals surface area contributed by atoms with Crippen LogP contribution in [0.1, 0.15) is 25.3 Å². The summed E-state index contributed by atoms with van der Waals surface area (Å²) in [5.41, 5.74) is 5.94. The van der Waals surface area contributed by atoms with Crippen molar-refractivity contribution in [2.45, 2.75) is 38.3 Å². The number of aldehydes is 1. The molecule has 1 aromatic carbocycles. The maximum atomic E-state index is 12.9. The third-order valence-corrected chi connectivity index (χ3v) is 5.96. The van der Waals surface area contributed by atoms with E-state index in [1.54, 1.807) is 24.3 Å². The molecule has 0 aliphatic heterocycles. The number of nitrogens with two attached hydrogens (primary N) is 1. The Morgan fingerprint density at radius 2 is 1.91 bits per heavy atom. The van der Waals surface area contributed by atoms with E-state index in [1.165, 1.54) is 14.0 Å². The number of nitrogens with zero attached hydrogens (tertiary/aromatic N) is 1. The highest BCUT2D eigenvalue weighted by molar-refractivity contribution is 7.89. The number of carbonyl (C=O) groups excluding carboxylic acids is 3. The summed E-state index contributed by atoms with van der Waals surface area (Å²) >= 11 is 0. The zero-order valence-electron chi connectivity index (χ0n) is 18.3. The van der Waals surface area contributed by atoms with E-state index in [4.69, 9.17) is 11.1 Å². The highest BCUT2D eigenvalue weighted by Gasteiger charge is 2.27. The molecule has 0 saturated heterocycles. The predicted octanol–water partition coefficient (Wildman–Crippen LogP) is -1.06. The zero-order valence-corrected chi connectivity index (χ0v) is 19.2. The van der Waals surface area contributed by atoms with Gasteiger partial charge in [0.25, 0.3) is 0 Å². The summed E-state index contributed by atoms with van der Waals surface area (Å²) < 4.78 is 26.5. The first-order valence-electron chi connectivity index (χ1n) is 10.2. The Morgan fingerprint density at radius 1 is 1.25 bits per heavy atom. The van der Waals surface area contributed by atoms with Crippen LogP contribution in [0.4, 0.5) is 0 Å². The summed E-state index contributed by atoms with van der Waals surface area (Å²) in [6.45, 7) is 1.51. The smallest absolute Gasteiger partial charge is 0.241 e. The molecule has 0 heterocycles. The number of sulfonamides is 1. The second kappa shape index (κ2) is 13.4. The van der Waals surface area contributed by atoms with E-state index in [0.29, 0.717) is 25.7 Å². The van der Waals surface area contributed by atoms with Crippen molar-refractivity contribution in [3.63, 3.8) is 0 Å². The van der Waals surface area contributed by atoms with E-state index in [9.17, 15) is 22.8 Å². The van der Waals surface area contributed by atoms with E-state index in [0.717, 1.165) is 10.5 Å². The molecule has 2 amide bonds. The summed E-state index contributed by atoms with van der Waals surface area (Å²) in [6.07, 6.45) is 1.56. The van der Waals surface area contributed by atoms with Gasteiger partial charge >= 0.3 is 0 Å². The Balaban J connectivity index is 2.73. The van der Waals surface area contributed by atoms with Gasteiger partial charge in [-0.1, -0.05) is 30.3 Å². The number of likely N-dealkylation sites (N-methyl/N-ethyl adjacent to an activating group) is 1. The summed E-state index contributed by atoms with van der Waals surface area (Å²) in [5, 5.41) is 12.2. The average Bonchev–Trinajstić information content (AvgIpc) is 2.75. The fourth-order valence-electron chi connectivity index (χ4n) is 2.86. The third-order valence-electron chi connectivity index (χ3n) is 4.56. The summed E-state index contributed by atoms with van der Waals surface area (Å²) in [7, 11) is -2.27. The van der Waals surface area contributed by atoms with Crippen molar-refractivity contribution in [1.82, 2.24) is 20.3 Å². The van der Waals surface area contributed by atoms with Crippen LogP contribution in [0, 0.1) is 5.41 Å². The molecule has 12 heteroatoms. The number of hydrogen-bond acceptors (Lipinski definition) is 6. The quantitative estimate of drug-likeness (QED) is 0.100. The number of rotatable bonds is 14. The van der Waals surface area contributed by atoms with Gasteiger partial charge in [0.1, 0.15) is 12.3 Å². The van der Waals surface area contributed by atoms with Gasteiger partial charge in [0.05, 0.1) is 18.3 Å². The Hall–Kier alpha value is -2.99. The van der Waals surface area contributed by atoms with Crippen molar-refractivity contribution in [3.05, 3.63) is 35.9 Å². The minimum atomic E-state index is -3.66. The van der Waals surface area contributed by atoms with E-state index in [1.807, 2.05) is 6.07 Å². The first-order chi connectivity index (χ1) is 15.1. The molecule has 0 unspecified atom stereocenters. The molecule has 6 N–H and O–H groups in total. The van der Waals surface area contributed by atoms with Crippen LogP contribution in [0.25, 0.3) is 0 Å². The molecule has 1 rings (SSSR count). The second-order valence-electron chi connectivity index (χ2n) is 7.25. The van der Waals surface area contributed by atoms with Crippen molar-refractivity contribution >= 4 is 34.1 Å². The molecule has 0 spiro atoms. The lowest BCUT2D eigenvalue weighted by atomic mass is 10.1. The second-order valence-corrected chi connectivity index (χ2v) is 9.29. The fourth-order valence-corrected chi connectivity index (χ4v) is 3.64. The molecule has 11 nitrogen and oxygen atoms in total. The van der Waals surface area contributed by atoms with Gasteiger partial charge in [-0.15, -0.1) is 0 Å². The average molecular weight is 469 g/mol.